The van der Waals surface area contributed by atoms with Crippen LogP contribution in [0.2, 0.25) is 0 Å². The second-order valence-electron chi connectivity index (χ2n) is 4.87. The van der Waals surface area contributed by atoms with Crippen LogP contribution in [0.25, 0.3) is 0 Å². The van der Waals surface area contributed by atoms with Crippen molar-refractivity contribution in [3.63, 3.8) is 0 Å². The maximum Gasteiger partial charge on any atom is 0.137 e. The maximum atomic E-state index is 13.6. The SMILES string of the molecule is Cc1cccc(C(CN)C(O)c2ccc(Br)c(F)c2)c1. The fourth-order valence-electron chi connectivity index (χ4n) is 2.28. The summed E-state index contributed by atoms with van der Waals surface area (Å²) in [4.78, 5) is 0. The molecule has 106 valence electrons. The molecule has 2 unspecified atom stereocenters. The monoisotopic (exact) mass is 337 g/mol. The van der Waals surface area contributed by atoms with Gasteiger partial charge in [-0.05, 0) is 46.1 Å². The standard InChI is InChI=1S/C16H17BrFNO/c1-10-3-2-4-11(7-10)13(9-19)16(20)12-5-6-14(17)15(18)8-12/h2-8,13,16,20H,9,19H2,1H3. The van der Waals surface area contributed by atoms with Crippen molar-refractivity contribution in [1.82, 2.24) is 0 Å². The Morgan fingerprint density at radius 3 is 2.55 bits per heavy atom. The number of aliphatic hydroxyl groups is 1. The molecule has 0 fully saturated rings. The van der Waals surface area contributed by atoms with Crippen LogP contribution in [0, 0.1) is 12.7 Å². The van der Waals surface area contributed by atoms with E-state index in [4.69, 9.17) is 5.73 Å². The highest BCUT2D eigenvalue weighted by Crippen LogP contribution is 2.32. The van der Waals surface area contributed by atoms with Crippen LogP contribution >= 0.6 is 15.9 Å². The summed E-state index contributed by atoms with van der Waals surface area (Å²) in [5.41, 5.74) is 8.40. The molecule has 2 nitrogen and oxygen atoms in total. The number of aliphatic hydroxyl groups excluding tert-OH is 1. The van der Waals surface area contributed by atoms with Gasteiger partial charge in [0.2, 0.25) is 0 Å². The highest BCUT2D eigenvalue weighted by Gasteiger charge is 2.22. The number of rotatable bonds is 4. The third kappa shape index (κ3) is 3.26. The van der Waals surface area contributed by atoms with E-state index in [-0.39, 0.29) is 11.7 Å². The average molecular weight is 338 g/mol. The molecule has 0 bridgehead atoms. The van der Waals surface area contributed by atoms with Crippen molar-refractivity contribution in [3.05, 3.63) is 69.4 Å². The smallest absolute Gasteiger partial charge is 0.137 e. The van der Waals surface area contributed by atoms with Gasteiger partial charge in [0, 0.05) is 12.5 Å². The molecule has 0 saturated heterocycles. The van der Waals surface area contributed by atoms with Crippen LogP contribution in [0.5, 0.6) is 0 Å². The molecule has 0 radical (unpaired) electrons. The number of hydrogen-bond donors (Lipinski definition) is 2. The number of halogens is 2. The molecular weight excluding hydrogens is 321 g/mol. The van der Waals surface area contributed by atoms with Gasteiger partial charge in [0.05, 0.1) is 10.6 Å². The number of benzene rings is 2. The second kappa shape index (κ2) is 6.48. The zero-order valence-electron chi connectivity index (χ0n) is 11.2. The van der Waals surface area contributed by atoms with Gasteiger partial charge in [0.1, 0.15) is 5.82 Å². The molecule has 4 heteroatoms. The summed E-state index contributed by atoms with van der Waals surface area (Å²) in [6, 6.07) is 12.5. The molecule has 20 heavy (non-hydrogen) atoms. The van der Waals surface area contributed by atoms with Crippen molar-refractivity contribution in [1.29, 1.82) is 0 Å². The van der Waals surface area contributed by atoms with Crippen LogP contribution < -0.4 is 5.73 Å². The highest BCUT2D eigenvalue weighted by molar-refractivity contribution is 9.10. The van der Waals surface area contributed by atoms with Gasteiger partial charge in [-0.1, -0.05) is 35.9 Å². The Labute approximate surface area is 126 Å². The second-order valence-corrected chi connectivity index (χ2v) is 5.73. The topological polar surface area (TPSA) is 46.2 Å². The van der Waals surface area contributed by atoms with Crippen LogP contribution in [0.1, 0.15) is 28.7 Å². The van der Waals surface area contributed by atoms with Gasteiger partial charge in [0.25, 0.3) is 0 Å². The summed E-state index contributed by atoms with van der Waals surface area (Å²) in [5.74, 6) is -0.642. The Kier molecular flexibility index (Phi) is 4.91. The molecule has 2 aromatic rings. The summed E-state index contributed by atoms with van der Waals surface area (Å²) >= 11 is 3.11. The summed E-state index contributed by atoms with van der Waals surface area (Å²) in [6.45, 7) is 2.28. The van der Waals surface area contributed by atoms with Gasteiger partial charge in [-0.2, -0.15) is 0 Å². The summed E-state index contributed by atoms with van der Waals surface area (Å²) in [7, 11) is 0. The Hall–Kier alpha value is -1.23. The first-order chi connectivity index (χ1) is 9.52. The summed E-state index contributed by atoms with van der Waals surface area (Å²) < 4.78 is 14.0. The molecule has 0 aliphatic carbocycles. The molecule has 0 saturated carbocycles. The first kappa shape index (κ1) is 15.2. The lowest BCUT2D eigenvalue weighted by atomic mass is 9.88. The number of hydrogen-bond acceptors (Lipinski definition) is 2. The minimum absolute atomic E-state index is 0.254. The molecule has 0 aliphatic heterocycles. The average Bonchev–Trinajstić information content (AvgIpc) is 2.42. The van der Waals surface area contributed by atoms with E-state index in [1.165, 1.54) is 6.07 Å². The summed E-state index contributed by atoms with van der Waals surface area (Å²) in [5, 5.41) is 10.5. The first-order valence-electron chi connectivity index (χ1n) is 6.42. The van der Waals surface area contributed by atoms with Gasteiger partial charge in [-0.15, -0.1) is 0 Å². The Morgan fingerprint density at radius 2 is 1.95 bits per heavy atom. The van der Waals surface area contributed by atoms with Crippen LogP contribution in [-0.2, 0) is 0 Å². The van der Waals surface area contributed by atoms with Crippen molar-refractivity contribution in [2.24, 2.45) is 5.73 Å². The van der Waals surface area contributed by atoms with E-state index in [1.54, 1.807) is 12.1 Å². The predicted octanol–water partition coefficient (Wildman–Crippen LogP) is 3.67. The van der Waals surface area contributed by atoms with Crippen LogP contribution in [0.15, 0.2) is 46.9 Å². The molecule has 0 spiro atoms. The fourth-order valence-corrected chi connectivity index (χ4v) is 2.52. The molecule has 0 aliphatic rings. The first-order valence-corrected chi connectivity index (χ1v) is 7.22. The molecule has 3 N–H and O–H groups in total. The van der Waals surface area contributed by atoms with Crippen molar-refractivity contribution < 1.29 is 9.50 Å². The fraction of sp³-hybridized carbons (Fsp3) is 0.250. The Bertz CT molecular complexity index is 603. The highest BCUT2D eigenvalue weighted by atomic mass is 79.9. The third-order valence-electron chi connectivity index (χ3n) is 3.39. The minimum atomic E-state index is -0.829. The molecule has 2 aromatic carbocycles. The summed E-state index contributed by atoms with van der Waals surface area (Å²) in [6.07, 6.45) is -0.829. The molecule has 2 rings (SSSR count). The van der Waals surface area contributed by atoms with Gasteiger partial charge >= 0.3 is 0 Å². The lowest BCUT2D eigenvalue weighted by molar-refractivity contribution is 0.147. The molecular formula is C16H17BrFNO. The number of aryl methyl sites for hydroxylation is 1. The van der Waals surface area contributed by atoms with Gasteiger partial charge < -0.3 is 10.8 Å². The van der Waals surface area contributed by atoms with Crippen LogP contribution in [0.4, 0.5) is 4.39 Å². The van der Waals surface area contributed by atoms with Crippen LogP contribution in [0.3, 0.4) is 0 Å². The molecule has 0 aromatic heterocycles. The van der Waals surface area contributed by atoms with E-state index in [2.05, 4.69) is 15.9 Å². The van der Waals surface area contributed by atoms with E-state index in [1.807, 2.05) is 31.2 Å². The normalized spacial score (nSPS) is 14.1. The minimum Gasteiger partial charge on any atom is -0.388 e. The van der Waals surface area contributed by atoms with Crippen molar-refractivity contribution in [2.75, 3.05) is 6.54 Å². The van der Waals surface area contributed by atoms with E-state index in [9.17, 15) is 9.50 Å². The maximum absolute atomic E-state index is 13.6. The van der Waals surface area contributed by atoms with Gasteiger partial charge in [-0.25, -0.2) is 4.39 Å². The van der Waals surface area contributed by atoms with Crippen molar-refractivity contribution in [3.8, 4) is 0 Å². The van der Waals surface area contributed by atoms with E-state index < -0.39 is 6.10 Å². The molecule has 0 amide bonds. The zero-order valence-corrected chi connectivity index (χ0v) is 12.8. The van der Waals surface area contributed by atoms with E-state index in [0.717, 1.165) is 11.1 Å². The van der Waals surface area contributed by atoms with Gasteiger partial charge in [0.15, 0.2) is 0 Å². The third-order valence-corrected chi connectivity index (χ3v) is 4.03. The molecule has 2 atom stereocenters. The van der Waals surface area contributed by atoms with Crippen molar-refractivity contribution >= 4 is 15.9 Å². The largest absolute Gasteiger partial charge is 0.388 e. The Morgan fingerprint density at radius 1 is 1.20 bits per heavy atom. The predicted molar refractivity (Wildman–Crippen MR) is 82.0 cm³/mol. The van der Waals surface area contributed by atoms with Crippen LogP contribution in [-0.4, -0.2) is 11.7 Å². The zero-order chi connectivity index (χ0) is 14.7. The Balaban J connectivity index is 2.33. The van der Waals surface area contributed by atoms with Crippen molar-refractivity contribution in [2.45, 2.75) is 18.9 Å². The number of nitrogens with two attached hydrogens (primary N) is 1. The quantitative estimate of drug-likeness (QED) is 0.893. The lowest BCUT2D eigenvalue weighted by Crippen LogP contribution is -2.20. The molecule has 0 heterocycles. The van der Waals surface area contributed by atoms with E-state index in [0.29, 0.717) is 16.6 Å². The van der Waals surface area contributed by atoms with Gasteiger partial charge in [-0.3, -0.25) is 0 Å². The lowest BCUT2D eigenvalue weighted by Gasteiger charge is -2.23. The van der Waals surface area contributed by atoms with E-state index >= 15 is 0 Å².